The van der Waals surface area contributed by atoms with Crippen LogP contribution in [0, 0.1) is 5.82 Å². The molecule has 1 aromatic rings. The maximum absolute atomic E-state index is 13.3. The van der Waals surface area contributed by atoms with Gasteiger partial charge in [-0.2, -0.15) is 0 Å². The van der Waals surface area contributed by atoms with Crippen LogP contribution >= 0.6 is 15.9 Å². The fourth-order valence-electron chi connectivity index (χ4n) is 1.61. The molecule has 0 saturated heterocycles. The first-order valence-electron chi connectivity index (χ1n) is 5.91. The van der Waals surface area contributed by atoms with Crippen LogP contribution in [-0.4, -0.2) is 44.7 Å². The zero-order valence-electron chi connectivity index (χ0n) is 11.1. The van der Waals surface area contributed by atoms with Crippen LogP contribution in [0.15, 0.2) is 22.7 Å². The standard InChI is InChI=1S/C13H18BrFN2O2/c1-17(9-12(18)16-6-7-19-2)8-10-4-3-5-11(15)13(10)14/h3-5H,6-9H2,1-2H3,(H,16,18). The lowest BCUT2D eigenvalue weighted by molar-refractivity contribution is -0.122. The summed E-state index contributed by atoms with van der Waals surface area (Å²) in [6, 6.07) is 4.87. The number of hydrogen-bond acceptors (Lipinski definition) is 3. The van der Waals surface area contributed by atoms with E-state index in [0.717, 1.165) is 5.56 Å². The number of nitrogens with zero attached hydrogens (tertiary/aromatic N) is 1. The van der Waals surface area contributed by atoms with Gasteiger partial charge in [-0.1, -0.05) is 12.1 Å². The number of carbonyl (C=O) groups excluding carboxylic acids is 1. The molecule has 0 bridgehead atoms. The number of likely N-dealkylation sites (N-methyl/N-ethyl adjacent to an activating group) is 1. The van der Waals surface area contributed by atoms with E-state index < -0.39 is 0 Å². The Morgan fingerprint density at radius 2 is 2.26 bits per heavy atom. The lowest BCUT2D eigenvalue weighted by Gasteiger charge is -2.17. The molecule has 1 aromatic carbocycles. The van der Waals surface area contributed by atoms with Crippen molar-refractivity contribution in [2.24, 2.45) is 0 Å². The summed E-state index contributed by atoms with van der Waals surface area (Å²) in [7, 11) is 3.40. The molecular weight excluding hydrogens is 315 g/mol. The van der Waals surface area contributed by atoms with Gasteiger partial charge < -0.3 is 10.1 Å². The molecule has 106 valence electrons. The monoisotopic (exact) mass is 332 g/mol. The van der Waals surface area contributed by atoms with Crippen LogP contribution in [0.25, 0.3) is 0 Å². The van der Waals surface area contributed by atoms with Gasteiger partial charge in [-0.25, -0.2) is 4.39 Å². The molecule has 0 aromatic heterocycles. The molecule has 0 atom stereocenters. The number of ether oxygens (including phenoxy) is 1. The van der Waals surface area contributed by atoms with E-state index in [2.05, 4.69) is 21.2 Å². The van der Waals surface area contributed by atoms with Crippen LogP contribution in [0.2, 0.25) is 0 Å². The Labute approximate surface area is 121 Å². The molecule has 1 rings (SSSR count). The minimum absolute atomic E-state index is 0.0768. The zero-order chi connectivity index (χ0) is 14.3. The van der Waals surface area contributed by atoms with E-state index in [-0.39, 0.29) is 18.3 Å². The Morgan fingerprint density at radius 1 is 1.53 bits per heavy atom. The highest BCUT2D eigenvalue weighted by atomic mass is 79.9. The summed E-state index contributed by atoms with van der Waals surface area (Å²) < 4.78 is 18.6. The average molecular weight is 333 g/mol. The van der Waals surface area contributed by atoms with Gasteiger partial charge in [0.25, 0.3) is 0 Å². The summed E-state index contributed by atoms with van der Waals surface area (Å²) in [6.07, 6.45) is 0. The predicted octanol–water partition coefficient (Wildman–Crippen LogP) is 1.78. The van der Waals surface area contributed by atoms with Gasteiger partial charge in [0.05, 0.1) is 17.6 Å². The van der Waals surface area contributed by atoms with Crippen LogP contribution in [0.1, 0.15) is 5.56 Å². The van der Waals surface area contributed by atoms with Crippen molar-refractivity contribution in [2.45, 2.75) is 6.54 Å². The summed E-state index contributed by atoms with van der Waals surface area (Å²) >= 11 is 3.21. The average Bonchev–Trinajstić information content (AvgIpc) is 2.35. The second-order valence-corrected chi connectivity index (χ2v) is 5.02. The number of benzene rings is 1. The molecule has 0 aliphatic rings. The van der Waals surface area contributed by atoms with Crippen LogP contribution in [0.4, 0.5) is 4.39 Å². The van der Waals surface area contributed by atoms with E-state index in [4.69, 9.17) is 4.74 Å². The second kappa shape index (κ2) is 8.24. The molecule has 1 N–H and O–H groups in total. The van der Waals surface area contributed by atoms with Gasteiger partial charge in [0.2, 0.25) is 5.91 Å². The topological polar surface area (TPSA) is 41.6 Å². The van der Waals surface area contributed by atoms with Gasteiger partial charge in [0, 0.05) is 20.2 Å². The summed E-state index contributed by atoms with van der Waals surface area (Å²) in [5, 5.41) is 2.73. The number of rotatable bonds is 7. The van der Waals surface area contributed by atoms with E-state index in [1.165, 1.54) is 6.07 Å². The van der Waals surface area contributed by atoms with Crippen molar-refractivity contribution in [3.63, 3.8) is 0 Å². The van der Waals surface area contributed by atoms with Crippen molar-refractivity contribution >= 4 is 21.8 Å². The van der Waals surface area contributed by atoms with Gasteiger partial charge >= 0.3 is 0 Å². The molecule has 0 aliphatic carbocycles. The van der Waals surface area contributed by atoms with Crippen molar-refractivity contribution in [1.82, 2.24) is 10.2 Å². The molecule has 19 heavy (non-hydrogen) atoms. The summed E-state index contributed by atoms with van der Waals surface area (Å²) in [4.78, 5) is 13.4. The molecule has 0 unspecified atom stereocenters. The molecule has 6 heteroatoms. The molecule has 0 saturated carbocycles. The lowest BCUT2D eigenvalue weighted by Crippen LogP contribution is -2.36. The van der Waals surface area contributed by atoms with Crippen molar-refractivity contribution in [3.05, 3.63) is 34.1 Å². The van der Waals surface area contributed by atoms with Crippen LogP contribution < -0.4 is 5.32 Å². The fourth-order valence-corrected chi connectivity index (χ4v) is 2.00. The first kappa shape index (κ1) is 16.1. The van der Waals surface area contributed by atoms with Gasteiger partial charge in [-0.15, -0.1) is 0 Å². The Bertz CT molecular complexity index is 429. The highest BCUT2D eigenvalue weighted by Gasteiger charge is 2.10. The molecule has 0 heterocycles. The first-order chi connectivity index (χ1) is 9.04. The molecule has 1 amide bonds. The lowest BCUT2D eigenvalue weighted by atomic mass is 10.2. The fraction of sp³-hybridized carbons (Fsp3) is 0.462. The molecule has 0 spiro atoms. The largest absolute Gasteiger partial charge is 0.383 e. The van der Waals surface area contributed by atoms with Gasteiger partial charge in [-0.05, 0) is 34.6 Å². The van der Waals surface area contributed by atoms with E-state index in [1.807, 2.05) is 18.0 Å². The van der Waals surface area contributed by atoms with Crippen LogP contribution in [-0.2, 0) is 16.1 Å². The minimum Gasteiger partial charge on any atom is -0.383 e. The van der Waals surface area contributed by atoms with E-state index in [9.17, 15) is 9.18 Å². The molecule has 4 nitrogen and oxygen atoms in total. The Balaban J connectivity index is 2.44. The van der Waals surface area contributed by atoms with Crippen molar-refractivity contribution in [2.75, 3.05) is 33.9 Å². The number of hydrogen-bond donors (Lipinski definition) is 1. The maximum Gasteiger partial charge on any atom is 0.234 e. The van der Waals surface area contributed by atoms with Crippen molar-refractivity contribution in [1.29, 1.82) is 0 Å². The Kier molecular flexibility index (Phi) is 6.97. The SMILES string of the molecule is COCCNC(=O)CN(C)Cc1cccc(F)c1Br. The Hall–Kier alpha value is -0.980. The molecule has 0 radical (unpaired) electrons. The highest BCUT2D eigenvalue weighted by molar-refractivity contribution is 9.10. The van der Waals surface area contributed by atoms with Crippen LogP contribution in [0.3, 0.4) is 0 Å². The quantitative estimate of drug-likeness (QED) is 0.774. The normalized spacial score (nSPS) is 10.8. The Morgan fingerprint density at radius 3 is 2.95 bits per heavy atom. The van der Waals surface area contributed by atoms with Crippen LogP contribution in [0.5, 0.6) is 0 Å². The van der Waals surface area contributed by atoms with E-state index >= 15 is 0 Å². The summed E-state index contributed by atoms with van der Waals surface area (Å²) in [5.41, 5.74) is 0.812. The zero-order valence-corrected chi connectivity index (χ0v) is 12.7. The minimum atomic E-state index is -0.296. The van der Waals surface area contributed by atoms with Crippen molar-refractivity contribution in [3.8, 4) is 0 Å². The van der Waals surface area contributed by atoms with Gasteiger partial charge in [0.15, 0.2) is 0 Å². The van der Waals surface area contributed by atoms with E-state index in [0.29, 0.717) is 24.2 Å². The molecular formula is C13H18BrFN2O2. The smallest absolute Gasteiger partial charge is 0.234 e. The third-order valence-electron chi connectivity index (χ3n) is 2.51. The number of carbonyl (C=O) groups is 1. The third-order valence-corrected chi connectivity index (χ3v) is 3.40. The van der Waals surface area contributed by atoms with E-state index in [1.54, 1.807) is 13.2 Å². The predicted molar refractivity (Wildman–Crippen MR) is 75.3 cm³/mol. The summed E-state index contributed by atoms with van der Waals surface area (Å²) in [5.74, 6) is -0.373. The van der Waals surface area contributed by atoms with Crippen molar-refractivity contribution < 1.29 is 13.9 Å². The molecule has 0 aliphatic heterocycles. The number of methoxy groups -OCH3 is 1. The highest BCUT2D eigenvalue weighted by Crippen LogP contribution is 2.21. The second-order valence-electron chi connectivity index (χ2n) is 4.23. The number of nitrogens with one attached hydrogen (secondary N) is 1. The third kappa shape index (κ3) is 5.67. The number of amides is 1. The summed E-state index contributed by atoms with van der Waals surface area (Å²) in [6.45, 7) is 1.74. The number of halogens is 2. The van der Waals surface area contributed by atoms with Gasteiger partial charge in [0.1, 0.15) is 5.82 Å². The van der Waals surface area contributed by atoms with Gasteiger partial charge in [-0.3, -0.25) is 9.69 Å². The molecule has 0 fully saturated rings. The maximum atomic E-state index is 13.3. The first-order valence-corrected chi connectivity index (χ1v) is 6.71.